The molecule has 1 aliphatic rings. The molecule has 15 heavy (non-hydrogen) atoms. The van der Waals surface area contributed by atoms with Crippen LogP contribution in [0.3, 0.4) is 0 Å². The van der Waals surface area contributed by atoms with Crippen molar-refractivity contribution in [3.63, 3.8) is 0 Å². The van der Waals surface area contributed by atoms with Gasteiger partial charge in [-0.3, -0.25) is 4.79 Å². The Kier molecular flexibility index (Phi) is 4.93. The van der Waals surface area contributed by atoms with Crippen LogP contribution in [-0.2, 0) is 14.3 Å². The van der Waals surface area contributed by atoms with E-state index >= 15 is 0 Å². The Bertz CT molecular complexity index is 242. The first-order valence-corrected chi connectivity index (χ1v) is 5.32. The van der Waals surface area contributed by atoms with Crippen LogP contribution in [0.4, 0.5) is 0 Å². The van der Waals surface area contributed by atoms with Crippen LogP contribution in [0.1, 0.15) is 6.92 Å². The Morgan fingerprint density at radius 1 is 1.60 bits per heavy atom. The van der Waals surface area contributed by atoms with Gasteiger partial charge in [-0.15, -0.1) is 0 Å². The van der Waals surface area contributed by atoms with Crippen LogP contribution in [-0.4, -0.2) is 54.8 Å². The number of hydrogen-bond donors (Lipinski definition) is 1. The topological polar surface area (TPSA) is 64.8 Å². The molecule has 0 aromatic heterocycles. The van der Waals surface area contributed by atoms with Gasteiger partial charge >= 0.3 is 0 Å². The maximum Gasteiger partial charge on any atom is 0.254 e. The highest BCUT2D eigenvalue weighted by Gasteiger charge is 2.26. The number of hydrogen-bond acceptors (Lipinski definition) is 4. The molecule has 1 heterocycles. The number of carbonyl (C=O) groups excluding carboxylic acids is 1. The van der Waals surface area contributed by atoms with E-state index in [1.807, 2.05) is 6.92 Å². The summed E-state index contributed by atoms with van der Waals surface area (Å²) in [5.41, 5.74) is 5.40. The normalized spacial score (nSPS) is 21.0. The standard InChI is InChI=1S/C9H16N2O3S/c1-2-11(5-8(10)15)9(12)7-6-13-3-4-14-7/h7H,2-6H2,1H3,(H2,10,15). The van der Waals surface area contributed by atoms with Gasteiger partial charge in [0.05, 0.1) is 31.4 Å². The minimum atomic E-state index is -0.506. The lowest BCUT2D eigenvalue weighted by Crippen LogP contribution is -2.47. The van der Waals surface area contributed by atoms with Crippen molar-refractivity contribution in [2.75, 3.05) is 32.9 Å². The SMILES string of the molecule is CCN(CC(N)=S)C(=O)C1COCCO1. The monoisotopic (exact) mass is 232 g/mol. The average Bonchev–Trinajstić information content (AvgIpc) is 2.26. The smallest absolute Gasteiger partial charge is 0.254 e. The summed E-state index contributed by atoms with van der Waals surface area (Å²) in [6.45, 7) is 4.05. The van der Waals surface area contributed by atoms with Gasteiger partial charge < -0.3 is 20.1 Å². The second-order valence-electron chi connectivity index (χ2n) is 3.25. The zero-order valence-corrected chi connectivity index (χ0v) is 9.59. The van der Waals surface area contributed by atoms with Crippen molar-refractivity contribution in [3.05, 3.63) is 0 Å². The lowest BCUT2D eigenvalue weighted by atomic mass is 10.3. The van der Waals surface area contributed by atoms with Crippen molar-refractivity contribution in [1.29, 1.82) is 0 Å². The summed E-state index contributed by atoms with van der Waals surface area (Å²) >= 11 is 4.77. The number of nitrogens with zero attached hydrogens (tertiary/aromatic N) is 1. The van der Waals surface area contributed by atoms with Crippen LogP contribution in [0.25, 0.3) is 0 Å². The predicted octanol–water partition coefficient (Wildman–Crippen LogP) is -0.464. The quantitative estimate of drug-likeness (QED) is 0.664. The van der Waals surface area contributed by atoms with Crippen molar-refractivity contribution in [1.82, 2.24) is 4.90 Å². The lowest BCUT2D eigenvalue weighted by molar-refractivity contribution is -0.157. The van der Waals surface area contributed by atoms with E-state index < -0.39 is 6.10 Å². The molecule has 1 unspecified atom stereocenters. The molecule has 0 aromatic carbocycles. The summed E-state index contributed by atoms with van der Waals surface area (Å²) in [4.78, 5) is 13.7. The van der Waals surface area contributed by atoms with Crippen molar-refractivity contribution < 1.29 is 14.3 Å². The van der Waals surface area contributed by atoms with Gasteiger partial charge in [-0.25, -0.2) is 0 Å². The third-order valence-corrected chi connectivity index (χ3v) is 2.26. The van der Waals surface area contributed by atoms with Gasteiger partial charge in [0.25, 0.3) is 5.91 Å². The van der Waals surface area contributed by atoms with E-state index in [1.165, 1.54) is 0 Å². The molecule has 86 valence electrons. The van der Waals surface area contributed by atoms with Gasteiger partial charge in [-0.2, -0.15) is 0 Å². The molecular weight excluding hydrogens is 216 g/mol. The Hall–Kier alpha value is -0.720. The average molecular weight is 232 g/mol. The number of nitrogens with two attached hydrogens (primary N) is 1. The largest absolute Gasteiger partial charge is 0.392 e. The fraction of sp³-hybridized carbons (Fsp3) is 0.778. The zero-order chi connectivity index (χ0) is 11.3. The molecule has 5 nitrogen and oxygen atoms in total. The molecule has 1 fully saturated rings. The van der Waals surface area contributed by atoms with Crippen molar-refractivity contribution >= 4 is 23.1 Å². The molecule has 0 aromatic rings. The van der Waals surface area contributed by atoms with Gasteiger partial charge in [0.1, 0.15) is 0 Å². The van der Waals surface area contributed by atoms with Crippen LogP contribution in [0.2, 0.25) is 0 Å². The number of likely N-dealkylation sites (N-methyl/N-ethyl adjacent to an activating group) is 1. The van der Waals surface area contributed by atoms with E-state index in [-0.39, 0.29) is 5.91 Å². The summed E-state index contributed by atoms with van der Waals surface area (Å²) in [7, 11) is 0. The van der Waals surface area contributed by atoms with Gasteiger partial charge in [0.15, 0.2) is 6.10 Å². The summed E-state index contributed by atoms with van der Waals surface area (Å²) in [6.07, 6.45) is -0.506. The number of ether oxygens (including phenoxy) is 2. The van der Waals surface area contributed by atoms with Gasteiger partial charge in [-0.1, -0.05) is 12.2 Å². The molecule has 1 amide bonds. The van der Waals surface area contributed by atoms with Crippen LogP contribution in [0.5, 0.6) is 0 Å². The lowest BCUT2D eigenvalue weighted by Gasteiger charge is -2.28. The molecular formula is C9H16N2O3S. The fourth-order valence-corrected chi connectivity index (χ4v) is 1.52. The molecule has 0 aliphatic carbocycles. The Morgan fingerprint density at radius 2 is 2.33 bits per heavy atom. The van der Waals surface area contributed by atoms with E-state index in [1.54, 1.807) is 4.90 Å². The number of thiocarbonyl (C=S) groups is 1. The third-order valence-electron chi connectivity index (χ3n) is 2.13. The molecule has 1 rings (SSSR count). The third kappa shape index (κ3) is 3.73. The minimum Gasteiger partial charge on any atom is -0.392 e. The molecule has 0 radical (unpaired) electrons. The number of carbonyl (C=O) groups is 1. The number of amides is 1. The Balaban J connectivity index is 2.50. The number of rotatable bonds is 4. The van der Waals surface area contributed by atoms with E-state index in [9.17, 15) is 4.79 Å². The van der Waals surface area contributed by atoms with E-state index in [0.29, 0.717) is 37.9 Å². The van der Waals surface area contributed by atoms with Crippen LogP contribution >= 0.6 is 12.2 Å². The van der Waals surface area contributed by atoms with E-state index in [4.69, 9.17) is 27.4 Å². The first kappa shape index (κ1) is 12.4. The van der Waals surface area contributed by atoms with Crippen molar-refractivity contribution in [2.24, 2.45) is 5.73 Å². The molecule has 0 saturated carbocycles. The van der Waals surface area contributed by atoms with Crippen molar-refractivity contribution in [2.45, 2.75) is 13.0 Å². The Morgan fingerprint density at radius 3 is 2.80 bits per heavy atom. The van der Waals surface area contributed by atoms with Gasteiger partial charge in [0, 0.05) is 6.54 Å². The van der Waals surface area contributed by atoms with Crippen LogP contribution < -0.4 is 5.73 Å². The molecule has 6 heteroatoms. The van der Waals surface area contributed by atoms with Crippen molar-refractivity contribution in [3.8, 4) is 0 Å². The fourth-order valence-electron chi connectivity index (χ4n) is 1.37. The first-order chi connectivity index (χ1) is 7.15. The molecule has 1 atom stereocenters. The molecule has 2 N–H and O–H groups in total. The highest BCUT2D eigenvalue weighted by molar-refractivity contribution is 7.80. The maximum atomic E-state index is 11.9. The molecule has 0 bridgehead atoms. The first-order valence-electron chi connectivity index (χ1n) is 4.91. The minimum absolute atomic E-state index is 0.106. The highest BCUT2D eigenvalue weighted by atomic mass is 32.1. The predicted molar refractivity (Wildman–Crippen MR) is 59.6 cm³/mol. The van der Waals surface area contributed by atoms with Crippen LogP contribution in [0.15, 0.2) is 0 Å². The van der Waals surface area contributed by atoms with Gasteiger partial charge in [-0.05, 0) is 6.92 Å². The highest BCUT2D eigenvalue weighted by Crippen LogP contribution is 2.05. The zero-order valence-electron chi connectivity index (χ0n) is 8.77. The summed E-state index contributed by atoms with van der Waals surface area (Å²) < 4.78 is 10.5. The van der Waals surface area contributed by atoms with E-state index in [0.717, 1.165) is 0 Å². The summed E-state index contributed by atoms with van der Waals surface area (Å²) in [5.74, 6) is -0.106. The second kappa shape index (κ2) is 5.99. The van der Waals surface area contributed by atoms with Crippen LogP contribution in [0, 0.1) is 0 Å². The molecule has 1 aliphatic heterocycles. The molecule has 1 saturated heterocycles. The van der Waals surface area contributed by atoms with Gasteiger partial charge in [0.2, 0.25) is 0 Å². The van der Waals surface area contributed by atoms with E-state index in [2.05, 4.69) is 0 Å². The summed E-state index contributed by atoms with van der Waals surface area (Å²) in [6, 6.07) is 0. The maximum absolute atomic E-state index is 11.9. The molecule has 0 spiro atoms. The Labute approximate surface area is 94.5 Å². The summed E-state index contributed by atoms with van der Waals surface area (Å²) in [5, 5.41) is 0. The second-order valence-corrected chi connectivity index (χ2v) is 3.78.